The minimum absolute atomic E-state index is 0.0858. The molecule has 2 aliphatic rings. The van der Waals surface area contributed by atoms with Crippen molar-refractivity contribution in [2.75, 3.05) is 23.8 Å². The monoisotopic (exact) mass is 682 g/mol. The third-order valence-corrected chi connectivity index (χ3v) is 8.24. The molecule has 1 saturated carbocycles. The van der Waals surface area contributed by atoms with Gasteiger partial charge in [-0.2, -0.15) is 0 Å². The number of benzene rings is 2. The fourth-order valence-corrected chi connectivity index (χ4v) is 5.87. The second-order valence-corrected chi connectivity index (χ2v) is 13.1. The van der Waals surface area contributed by atoms with Crippen molar-refractivity contribution in [3.63, 3.8) is 0 Å². The van der Waals surface area contributed by atoms with Crippen LogP contribution in [0.15, 0.2) is 48.7 Å². The van der Waals surface area contributed by atoms with Crippen molar-refractivity contribution < 1.29 is 37.7 Å². The van der Waals surface area contributed by atoms with Gasteiger partial charge in [0.05, 0.1) is 41.2 Å². The number of halogens is 2. The smallest absolute Gasteiger partial charge is 0.407 e. The molecule has 0 atom stereocenters. The van der Waals surface area contributed by atoms with Crippen LogP contribution in [0.25, 0.3) is 0 Å². The number of amides is 3. The number of rotatable bonds is 9. The van der Waals surface area contributed by atoms with Gasteiger partial charge in [0.25, 0.3) is 11.8 Å². The predicted molar refractivity (Wildman–Crippen MR) is 178 cm³/mol. The van der Waals surface area contributed by atoms with Crippen LogP contribution in [0.1, 0.15) is 85.2 Å². The van der Waals surface area contributed by atoms with Crippen LogP contribution in [0, 0.1) is 5.82 Å². The summed E-state index contributed by atoms with van der Waals surface area (Å²) in [4.78, 5) is 43.7. The van der Waals surface area contributed by atoms with Crippen molar-refractivity contribution >= 4 is 41.0 Å². The van der Waals surface area contributed by atoms with E-state index < -0.39 is 35.1 Å². The molecule has 1 saturated heterocycles. The van der Waals surface area contributed by atoms with Crippen molar-refractivity contribution in [3.05, 3.63) is 81.8 Å². The van der Waals surface area contributed by atoms with Crippen LogP contribution in [0.4, 0.5) is 20.7 Å². The molecule has 0 bridgehead atoms. The molecule has 2 heterocycles. The zero-order chi connectivity index (χ0) is 34.5. The van der Waals surface area contributed by atoms with Crippen molar-refractivity contribution in [1.29, 1.82) is 0 Å². The van der Waals surface area contributed by atoms with E-state index in [2.05, 4.69) is 20.9 Å². The highest BCUT2D eigenvalue weighted by molar-refractivity contribution is 6.30. The standard InChI is InChI=1S/C35H40ClFN4O7/c1-5-25-21(19-39-33(44)48-34(2,3)4)6-9-26(30(25)47-24-12-14-35(15-13-24)45-16-17-46-35)31(42)40-28-10-8-23(37)18-27(28)32(43)41-29-11-7-22(36)20-38-29/h6-11,18,20,24H,5,12-17,19H2,1-4H3,(H,39,44)(H,40,42)(H,38,41,43). The number of pyridine rings is 1. The summed E-state index contributed by atoms with van der Waals surface area (Å²) in [6, 6.07) is 9.93. The Bertz CT molecular complexity index is 1650. The fraction of sp³-hybridized carbons (Fsp3) is 0.429. The second-order valence-electron chi connectivity index (χ2n) is 12.7. The van der Waals surface area contributed by atoms with Gasteiger partial charge in [0.15, 0.2) is 5.79 Å². The quantitative estimate of drug-likeness (QED) is 0.219. The highest BCUT2D eigenvalue weighted by atomic mass is 35.5. The first-order valence-corrected chi connectivity index (χ1v) is 16.3. The predicted octanol–water partition coefficient (Wildman–Crippen LogP) is 7.03. The summed E-state index contributed by atoms with van der Waals surface area (Å²) in [5, 5.41) is 8.55. The second kappa shape index (κ2) is 14.9. The van der Waals surface area contributed by atoms with E-state index in [1.807, 2.05) is 6.92 Å². The molecule has 2 aromatic carbocycles. The molecule has 0 unspecified atom stereocenters. The Balaban J connectivity index is 1.42. The SMILES string of the molecule is CCc1c(CNC(=O)OC(C)(C)C)ccc(C(=O)Nc2ccc(F)cc2C(=O)Nc2ccc(Cl)cn2)c1OC1CCC2(CC1)OCCO2. The minimum Gasteiger partial charge on any atom is -0.489 e. The lowest BCUT2D eigenvalue weighted by molar-refractivity contribution is -0.186. The molecular formula is C35H40ClFN4O7. The molecule has 3 amide bonds. The third-order valence-electron chi connectivity index (χ3n) is 8.01. The van der Waals surface area contributed by atoms with Gasteiger partial charge in [-0.1, -0.05) is 24.6 Å². The van der Waals surface area contributed by atoms with Crippen LogP contribution in [-0.4, -0.2) is 53.6 Å². The van der Waals surface area contributed by atoms with E-state index in [9.17, 15) is 18.8 Å². The number of anilines is 2. The summed E-state index contributed by atoms with van der Waals surface area (Å²) in [5.74, 6) is -1.92. The van der Waals surface area contributed by atoms with E-state index in [1.165, 1.54) is 18.3 Å². The first kappa shape index (κ1) is 35.1. The summed E-state index contributed by atoms with van der Waals surface area (Å²) in [5.41, 5.74) is 1.02. The molecule has 1 spiro atoms. The number of hydrogen-bond acceptors (Lipinski definition) is 8. The first-order chi connectivity index (χ1) is 22.8. The fourth-order valence-electron chi connectivity index (χ4n) is 5.75. The van der Waals surface area contributed by atoms with Gasteiger partial charge in [0, 0.05) is 25.6 Å². The summed E-state index contributed by atoms with van der Waals surface area (Å²) in [6.45, 7) is 8.54. The van der Waals surface area contributed by atoms with E-state index in [4.69, 9.17) is 30.5 Å². The summed E-state index contributed by atoms with van der Waals surface area (Å²) < 4.78 is 38.1. The third kappa shape index (κ3) is 8.80. The van der Waals surface area contributed by atoms with E-state index in [0.717, 1.165) is 23.3 Å². The highest BCUT2D eigenvalue weighted by Gasteiger charge is 2.41. The molecule has 3 N–H and O–H groups in total. The Morgan fingerprint density at radius 1 is 1.00 bits per heavy atom. The number of nitrogens with zero attached hydrogens (tertiary/aromatic N) is 1. The van der Waals surface area contributed by atoms with E-state index >= 15 is 0 Å². The molecule has 1 aliphatic heterocycles. The van der Waals surface area contributed by atoms with Crippen LogP contribution in [0.3, 0.4) is 0 Å². The number of nitrogens with one attached hydrogen (secondary N) is 3. The molecule has 0 radical (unpaired) electrons. The highest BCUT2D eigenvalue weighted by Crippen LogP contribution is 2.39. The Morgan fingerprint density at radius 2 is 1.71 bits per heavy atom. The van der Waals surface area contributed by atoms with Crippen molar-refractivity contribution in [2.45, 2.75) is 83.8 Å². The van der Waals surface area contributed by atoms with E-state index in [-0.39, 0.29) is 35.3 Å². The molecule has 48 heavy (non-hydrogen) atoms. The van der Waals surface area contributed by atoms with Gasteiger partial charge in [-0.3, -0.25) is 9.59 Å². The van der Waals surface area contributed by atoms with Gasteiger partial charge in [-0.05, 0) is 87.6 Å². The lowest BCUT2D eigenvalue weighted by Crippen LogP contribution is -2.38. The summed E-state index contributed by atoms with van der Waals surface area (Å²) >= 11 is 5.90. The van der Waals surface area contributed by atoms with Gasteiger partial charge in [0.1, 0.15) is 23.0 Å². The molecule has 13 heteroatoms. The zero-order valence-electron chi connectivity index (χ0n) is 27.4. The number of hydrogen-bond donors (Lipinski definition) is 3. The van der Waals surface area contributed by atoms with Gasteiger partial charge in [-0.15, -0.1) is 0 Å². The number of carbonyl (C=O) groups is 3. The van der Waals surface area contributed by atoms with Crippen LogP contribution in [-0.2, 0) is 27.2 Å². The maximum Gasteiger partial charge on any atom is 0.407 e. The topological polar surface area (TPSA) is 137 Å². The maximum atomic E-state index is 14.4. The van der Waals surface area contributed by atoms with Crippen molar-refractivity contribution in [2.24, 2.45) is 0 Å². The Labute approximate surface area is 283 Å². The summed E-state index contributed by atoms with van der Waals surface area (Å²) in [7, 11) is 0. The zero-order valence-corrected chi connectivity index (χ0v) is 28.2. The van der Waals surface area contributed by atoms with Crippen LogP contribution in [0.2, 0.25) is 5.02 Å². The Hall–Kier alpha value is -4.26. The van der Waals surface area contributed by atoms with Gasteiger partial charge in [0.2, 0.25) is 0 Å². The molecule has 11 nitrogen and oxygen atoms in total. The maximum absolute atomic E-state index is 14.4. The van der Waals surface area contributed by atoms with Gasteiger partial charge in [-0.25, -0.2) is 14.2 Å². The minimum atomic E-state index is -0.679. The Morgan fingerprint density at radius 3 is 2.35 bits per heavy atom. The molecule has 256 valence electrons. The molecule has 3 aromatic rings. The van der Waals surface area contributed by atoms with Crippen LogP contribution >= 0.6 is 11.6 Å². The van der Waals surface area contributed by atoms with Crippen molar-refractivity contribution in [1.82, 2.24) is 10.3 Å². The van der Waals surface area contributed by atoms with Crippen molar-refractivity contribution in [3.8, 4) is 5.75 Å². The first-order valence-electron chi connectivity index (χ1n) is 15.9. The average Bonchev–Trinajstić information content (AvgIpc) is 3.50. The number of alkyl carbamates (subject to hydrolysis) is 1. The molecular weight excluding hydrogens is 643 g/mol. The van der Waals surface area contributed by atoms with E-state index in [0.29, 0.717) is 56.1 Å². The van der Waals surface area contributed by atoms with Gasteiger partial charge >= 0.3 is 6.09 Å². The number of ether oxygens (including phenoxy) is 4. The Kier molecular flexibility index (Phi) is 10.9. The number of carbonyl (C=O) groups excluding carboxylic acids is 3. The lowest BCUT2D eigenvalue weighted by Gasteiger charge is -2.36. The largest absolute Gasteiger partial charge is 0.489 e. The van der Waals surface area contributed by atoms with Gasteiger partial charge < -0.3 is 34.9 Å². The summed E-state index contributed by atoms with van der Waals surface area (Å²) in [6.07, 6.45) is 3.64. The lowest BCUT2D eigenvalue weighted by atomic mass is 9.91. The molecule has 1 aliphatic carbocycles. The number of aromatic nitrogens is 1. The van der Waals surface area contributed by atoms with E-state index in [1.54, 1.807) is 39.0 Å². The normalized spacial score (nSPS) is 16.0. The van der Waals surface area contributed by atoms with Crippen LogP contribution < -0.4 is 20.7 Å². The average molecular weight is 683 g/mol. The molecule has 5 rings (SSSR count). The molecule has 1 aromatic heterocycles. The molecule has 2 fully saturated rings. The van der Waals surface area contributed by atoms with Crippen LogP contribution in [0.5, 0.6) is 5.75 Å².